The summed E-state index contributed by atoms with van der Waals surface area (Å²) in [6, 6.07) is 0.471. The number of nitrogens with one attached hydrogen (secondary N) is 1. The van der Waals surface area contributed by atoms with Crippen molar-refractivity contribution in [3.63, 3.8) is 0 Å². The molecule has 0 aromatic rings. The normalized spacial score (nSPS) is 49.4. The zero-order valence-corrected chi connectivity index (χ0v) is 34.1. The van der Waals surface area contributed by atoms with Crippen LogP contribution in [0.25, 0.3) is 0 Å². The number of hydrogen-bond acceptors (Lipinski definition) is 5. The molecule has 50 heavy (non-hydrogen) atoms. The van der Waals surface area contributed by atoms with E-state index in [9.17, 15) is 0 Å². The van der Waals surface area contributed by atoms with E-state index in [1.807, 2.05) is 0 Å². The van der Waals surface area contributed by atoms with Crippen LogP contribution in [0, 0.1) is 69.5 Å². The van der Waals surface area contributed by atoms with Crippen LogP contribution in [0.5, 0.6) is 0 Å². The molecule has 5 nitrogen and oxygen atoms in total. The molecule has 8 fully saturated rings. The van der Waals surface area contributed by atoms with Gasteiger partial charge in [0.1, 0.15) is 6.23 Å². The predicted octanol–water partition coefficient (Wildman–Crippen LogP) is 10.8. The zero-order chi connectivity index (χ0) is 35.4. The molecule has 4 heterocycles. The van der Waals surface area contributed by atoms with Crippen LogP contribution < -0.4 is 5.32 Å². The fourth-order valence-electron chi connectivity index (χ4n) is 14.4. The summed E-state index contributed by atoms with van der Waals surface area (Å²) >= 11 is 0. The summed E-state index contributed by atoms with van der Waals surface area (Å²) in [5, 5.41) is 4.17. The minimum Gasteiger partial charge on any atom is -0.359 e. The predicted molar refractivity (Wildman–Crippen MR) is 203 cm³/mol. The first-order chi connectivity index (χ1) is 23.8. The van der Waals surface area contributed by atoms with Gasteiger partial charge in [-0.1, -0.05) is 88.0 Å². The molecule has 1 N–H and O–H groups in total. The van der Waals surface area contributed by atoms with Crippen molar-refractivity contribution in [1.82, 2.24) is 10.2 Å². The highest BCUT2D eigenvalue weighted by Crippen LogP contribution is 2.67. The van der Waals surface area contributed by atoms with E-state index >= 15 is 0 Å². The van der Waals surface area contributed by atoms with Gasteiger partial charge in [-0.2, -0.15) is 0 Å². The molecular formula is C45H78N2O3. The molecule has 4 aliphatic carbocycles. The number of fused-ring (bicyclic) bond motifs is 12. The average molecular weight is 695 g/mol. The lowest BCUT2D eigenvalue weighted by molar-refractivity contribution is -0.423. The first-order valence-corrected chi connectivity index (χ1v) is 22.4. The standard InChI is InChI=1S/C45H78N2O3/c1-11-43(9,12-2)36-26-37(44(10,13-3)14-4)50-45(49-36)34-22-19-30-23-31(42(6,7)8)20-21-32(30)38(34)40-39-33-24-28-17-15-16-18-29(28)25-35(33)48-41(39)46-27(5)47(40)45/h27-41,46H,11-26H2,1-10H3. The minimum absolute atomic E-state index is 0.142. The van der Waals surface area contributed by atoms with Gasteiger partial charge in [0, 0.05) is 24.3 Å². The van der Waals surface area contributed by atoms with Crippen molar-refractivity contribution in [3.05, 3.63) is 0 Å². The lowest BCUT2D eigenvalue weighted by Gasteiger charge is -2.59. The van der Waals surface area contributed by atoms with Crippen LogP contribution in [-0.2, 0) is 14.2 Å². The van der Waals surface area contributed by atoms with E-state index in [-0.39, 0.29) is 35.4 Å². The Labute approximate surface area is 307 Å². The summed E-state index contributed by atoms with van der Waals surface area (Å²) in [4.78, 5) is 2.91. The van der Waals surface area contributed by atoms with Crippen molar-refractivity contribution >= 4 is 0 Å². The first kappa shape index (κ1) is 36.8. The summed E-state index contributed by atoms with van der Waals surface area (Å²) in [5.41, 5.74) is 0.682. The first-order valence-electron chi connectivity index (χ1n) is 22.4. The largest absolute Gasteiger partial charge is 0.359 e. The van der Waals surface area contributed by atoms with Crippen molar-refractivity contribution < 1.29 is 14.2 Å². The van der Waals surface area contributed by atoms with Crippen LogP contribution in [0.4, 0.5) is 0 Å². The number of rotatable bonds is 6. The molecule has 286 valence electrons. The third-order valence-electron chi connectivity index (χ3n) is 18.5. The smallest absolute Gasteiger partial charge is 0.235 e. The lowest BCUT2D eigenvalue weighted by Crippen LogP contribution is -2.72. The number of ether oxygens (including phenoxy) is 3. The molecule has 0 aromatic carbocycles. The molecule has 15 atom stereocenters. The molecule has 8 aliphatic rings. The summed E-state index contributed by atoms with van der Waals surface area (Å²) in [5.74, 6) is 5.83. The number of nitrogens with zero attached hydrogens (tertiary/aromatic N) is 1. The average Bonchev–Trinajstić information content (AvgIpc) is 3.60. The highest BCUT2D eigenvalue weighted by molar-refractivity contribution is 5.17. The minimum atomic E-state index is -0.663. The molecule has 0 aromatic heterocycles. The van der Waals surface area contributed by atoms with E-state index in [0.29, 0.717) is 41.2 Å². The third-order valence-corrected chi connectivity index (χ3v) is 18.5. The molecule has 0 bridgehead atoms. The van der Waals surface area contributed by atoms with Gasteiger partial charge in [0.25, 0.3) is 0 Å². The highest BCUT2D eigenvalue weighted by atomic mass is 16.7. The maximum atomic E-state index is 7.95. The molecule has 8 rings (SSSR count). The summed E-state index contributed by atoms with van der Waals surface area (Å²) in [6.07, 6.45) is 22.1. The van der Waals surface area contributed by atoms with Crippen molar-refractivity contribution in [1.29, 1.82) is 0 Å². The van der Waals surface area contributed by atoms with E-state index < -0.39 is 5.91 Å². The van der Waals surface area contributed by atoms with E-state index in [2.05, 4.69) is 79.5 Å². The van der Waals surface area contributed by atoms with E-state index in [4.69, 9.17) is 14.2 Å². The molecule has 4 saturated carbocycles. The Kier molecular flexibility index (Phi) is 9.73. The Hall–Kier alpha value is -0.200. The van der Waals surface area contributed by atoms with E-state index in [0.717, 1.165) is 61.7 Å². The van der Waals surface area contributed by atoms with Gasteiger partial charge in [-0.15, -0.1) is 0 Å². The van der Waals surface area contributed by atoms with Crippen LogP contribution in [0.1, 0.15) is 172 Å². The molecule has 1 spiro atoms. The van der Waals surface area contributed by atoms with Crippen LogP contribution >= 0.6 is 0 Å². The van der Waals surface area contributed by atoms with Crippen LogP contribution in [0.15, 0.2) is 0 Å². The van der Waals surface area contributed by atoms with Gasteiger partial charge in [0.2, 0.25) is 5.91 Å². The fraction of sp³-hybridized carbons (Fsp3) is 1.00. The van der Waals surface area contributed by atoms with Gasteiger partial charge >= 0.3 is 0 Å². The summed E-state index contributed by atoms with van der Waals surface area (Å²) in [6.45, 7) is 24.7. The fourth-order valence-corrected chi connectivity index (χ4v) is 14.4. The Balaban J connectivity index is 1.24. The molecule has 4 aliphatic heterocycles. The van der Waals surface area contributed by atoms with Crippen LogP contribution in [-0.4, -0.2) is 47.6 Å². The zero-order valence-electron chi connectivity index (χ0n) is 34.1. The Morgan fingerprint density at radius 1 is 0.660 bits per heavy atom. The highest BCUT2D eigenvalue weighted by Gasteiger charge is 2.74. The second-order valence-corrected chi connectivity index (χ2v) is 21.2. The lowest BCUT2D eigenvalue weighted by atomic mass is 9.54. The molecule has 5 heteroatoms. The van der Waals surface area contributed by atoms with Gasteiger partial charge in [0.05, 0.1) is 24.5 Å². The molecule has 0 amide bonds. The SMILES string of the molecule is CCC(C)(CC)C1CC(C(C)(CC)CC)OC2(O1)C1CCC3CC(C(C)(C)C)CCC3C1C1C3C(NC(C)N12)OC1CC2CCCCC2CC13. The number of hydrogen-bond donors (Lipinski definition) is 1. The Morgan fingerprint density at radius 3 is 1.88 bits per heavy atom. The molecule has 0 radical (unpaired) electrons. The molecule has 15 unspecified atom stereocenters. The Morgan fingerprint density at radius 2 is 1.28 bits per heavy atom. The summed E-state index contributed by atoms with van der Waals surface area (Å²) < 4.78 is 23.2. The van der Waals surface area contributed by atoms with Gasteiger partial charge in [-0.25, -0.2) is 4.90 Å². The van der Waals surface area contributed by atoms with E-state index in [1.165, 1.54) is 70.6 Å². The maximum absolute atomic E-state index is 7.95. The van der Waals surface area contributed by atoms with Crippen molar-refractivity contribution in [2.75, 3.05) is 0 Å². The second-order valence-electron chi connectivity index (χ2n) is 21.2. The van der Waals surface area contributed by atoms with Gasteiger partial charge < -0.3 is 14.2 Å². The van der Waals surface area contributed by atoms with Gasteiger partial charge in [0.15, 0.2) is 0 Å². The molecule has 4 saturated heterocycles. The van der Waals surface area contributed by atoms with Crippen molar-refractivity contribution in [2.45, 2.75) is 215 Å². The monoisotopic (exact) mass is 695 g/mol. The molecular weight excluding hydrogens is 617 g/mol. The van der Waals surface area contributed by atoms with Crippen LogP contribution in [0.2, 0.25) is 0 Å². The quantitative estimate of drug-likeness (QED) is 0.300. The third kappa shape index (κ3) is 5.59. The topological polar surface area (TPSA) is 43.0 Å². The van der Waals surface area contributed by atoms with Crippen molar-refractivity contribution in [2.24, 2.45) is 69.5 Å². The van der Waals surface area contributed by atoms with Crippen molar-refractivity contribution in [3.8, 4) is 0 Å². The van der Waals surface area contributed by atoms with Crippen LogP contribution in [0.3, 0.4) is 0 Å². The van der Waals surface area contributed by atoms with Gasteiger partial charge in [-0.05, 0) is 135 Å². The summed E-state index contributed by atoms with van der Waals surface area (Å²) in [7, 11) is 0. The maximum Gasteiger partial charge on any atom is 0.235 e. The Bertz CT molecular complexity index is 1180. The van der Waals surface area contributed by atoms with E-state index in [1.54, 1.807) is 0 Å². The second kappa shape index (κ2) is 13.2. The van der Waals surface area contributed by atoms with Gasteiger partial charge in [-0.3, -0.25) is 5.32 Å².